The van der Waals surface area contributed by atoms with E-state index in [-0.39, 0.29) is 0 Å². The molecule has 0 saturated carbocycles. The van der Waals surface area contributed by atoms with E-state index in [9.17, 15) is 9.90 Å². The summed E-state index contributed by atoms with van der Waals surface area (Å²) in [5.41, 5.74) is 1.89. The molecule has 4 heteroatoms. The molecule has 0 aliphatic carbocycles. The van der Waals surface area contributed by atoms with Gasteiger partial charge in [-0.05, 0) is 24.5 Å². The van der Waals surface area contributed by atoms with Gasteiger partial charge in [0.1, 0.15) is 0 Å². The number of rotatable bonds is 4. The van der Waals surface area contributed by atoms with Crippen molar-refractivity contribution in [2.45, 2.75) is 19.4 Å². The highest BCUT2D eigenvalue weighted by Crippen LogP contribution is 2.14. The molecule has 2 N–H and O–H groups in total. The van der Waals surface area contributed by atoms with E-state index in [1.54, 1.807) is 14.0 Å². The van der Waals surface area contributed by atoms with E-state index in [1.807, 2.05) is 24.3 Å². The molecule has 1 atom stereocenters. The number of carbonyl (C=O) groups is 1. The average molecular weight is 223 g/mol. The van der Waals surface area contributed by atoms with Crippen molar-refractivity contribution in [3.8, 4) is 0 Å². The van der Waals surface area contributed by atoms with Gasteiger partial charge in [0.15, 0.2) is 0 Å². The fraction of sp³-hybridized carbons (Fsp3) is 0.417. The topological polar surface area (TPSA) is 60.8 Å². The predicted molar refractivity (Wildman–Crippen MR) is 61.4 cm³/mol. The Labute approximate surface area is 95.1 Å². The Bertz CT molecular complexity index is 363. The van der Waals surface area contributed by atoms with E-state index < -0.39 is 12.2 Å². The number of nitrogens with zero attached hydrogens (tertiary/aromatic N) is 1. The number of amides is 1. The van der Waals surface area contributed by atoms with Crippen LogP contribution in [0.25, 0.3) is 0 Å². The molecule has 1 aromatic rings. The highest BCUT2D eigenvalue weighted by molar-refractivity contribution is 5.64. The van der Waals surface area contributed by atoms with Gasteiger partial charge in [-0.15, -0.1) is 0 Å². The predicted octanol–water partition coefficient (Wildman–Crippen LogP) is 1.89. The monoisotopic (exact) mass is 223 g/mol. The SMILES string of the molecule is C[C@@H](O)c1cccc(CCN(C)C(=O)O)c1. The van der Waals surface area contributed by atoms with Crippen molar-refractivity contribution < 1.29 is 15.0 Å². The number of likely N-dealkylation sites (N-methyl/N-ethyl adjacent to an activating group) is 1. The Morgan fingerprint density at radius 2 is 2.19 bits per heavy atom. The summed E-state index contributed by atoms with van der Waals surface area (Å²) in [5, 5.41) is 18.1. The second-order valence-corrected chi connectivity index (χ2v) is 3.88. The Balaban J connectivity index is 2.60. The highest BCUT2D eigenvalue weighted by Gasteiger charge is 2.06. The Hall–Kier alpha value is -1.55. The Morgan fingerprint density at radius 3 is 2.75 bits per heavy atom. The molecule has 0 radical (unpaired) electrons. The van der Waals surface area contributed by atoms with Gasteiger partial charge in [0.25, 0.3) is 0 Å². The van der Waals surface area contributed by atoms with Crippen LogP contribution in [0.3, 0.4) is 0 Å². The van der Waals surface area contributed by atoms with Gasteiger partial charge in [0, 0.05) is 13.6 Å². The minimum Gasteiger partial charge on any atom is -0.465 e. The second kappa shape index (κ2) is 5.51. The summed E-state index contributed by atoms with van der Waals surface area (Å²) in [6.07, 6.45) is -0.757. The first-order chi connectivity index (χ1) is 7.50. The first kappa shape index (κ1) is 12.5. The molecule has 16 heavy (non-hydrogen) atoms. The van der Waals surface area contributed by atoms with Gasteiger partial charge in [-0.2, -0.15) is 0 Å². The summed E-state index contributed by atoms with van der Waals surface area (Å²) < 4.78 is 0. The molecule has 4 nitrogen and oxygen atoms in total. The molecular weight excluding hydrogens is 206 g/mol. The maximum atomic E-state index is 10.6. The summed E-state index contributed by atoms with van der Waals surface area (Å²) in [7, 11) is 1.54. The maximum absolute atomic E-state index is 10.6. The van der Waals surface area contributed by atoms with Gasteiger partial charge < -0.3 is 15.1 Å². The third kappa shape index (κ3) is 3.55. The number of aliphatic hydroxyl groups excluding tert-OH is 1. The fourth-order valence-corrected chi connectivity index (χ4v) is 1.40. The van der Waals surface area contributed by atoms with Crippen LogP contribution in [0.4, 0.5) is 4.79 Å². The maximum Gasteiger partial charge on any atom is 0.407 e. The van der Waals surface area contributed by atoms with Gasteiger partial charge >= 0.3 is 6.09 Å². The molecule has 88 valence electrons. The van der Waals surface area contributed by atoms with Gasteiger partial charge in [-0.1, -0.05) is 24.3 Å². The molecule has 1 rings (SSSR count). The fourth-order valence-electron chi connectivity index (χ4n) is 1.40. The normalized spacial score (nSPS) is 12.2. The van der Waals surface area contributed by atoms with E-state index in [0.29, 0.717) is 13.0 Å². The van der Waals surface area contributed by atoms with Crippen molar-refractivity contribution in [1.29, 1.82) is 0 Å². The third-order valence-electron chi connectivity index (χ3n) is 2.50. The van der Waals surface area contributed by atoms with E-state index in [4.69, 9.17) is 5.11 Å². The van der Waals surface area contributed by atoms with Crippen LogP contribution in [-0.4, -0.2) is 34.8 Å². The van der Waals surface area contributed by atoms with Crippen LogP contribution >= 0.6 is 0 Å². The molecule has 0 aromatic heterocycles. The summed E-state index contributed by atoms with van der Waals surface area (Å²) in [4.78, 5) is 11.8. The van der Waals surface area contributed by atoms with Gasteiger partial charge in [0.2, 0.25) is 0 Å². The third-order valence-corrected chi connectivity index (χ3v) is 2.50. The Kier molecular flexibility index (Phi) is 4.31. The van der Waals surface area contributed by atoms with Crippen LogP contribution in [0.5, 0.6) is 0 Å². The average Bonchev–Trinajstić information content (AvgIpc) is 2.26. The number of hydrogen-bond donors (Lipinski definition) is 2. The molecule has 0 unspecified atom stereocenters. The Morgan fingerprint density at radius 1 is 1.50 bits per heavy atom. The lowest BCUT2D eigenvalue weighted by Gasteiger charge is -2.13. The van der Waals surface area contributed by atoms with Crippen molar-refractivity contribution in [3.63, 3.8) is 0 Å². The van der Waals surface area contributed by atoms with Crippen LogP contribution < -0.4 is 0 Å². The van der Waals surface area contributed by atoms with Gasteiger partial charge in [-0.25, -0.2) is 4.79 Å². The molecule has 0 aliphatic heterocycles. The van der Waals surface area contributed by atoms with E-state index in [1.165, 1.54) is 4.90 Å². The quantitative estimate of drug-likeness (QED) is 0.819. The molecule has 0 saturated heterocycles. The lowest BCUT2D eigenvalue weighted by Crippen LogP contribution is -2.26. The molecular formula is C12H17NO3. The first-order valence-electron chi connectivity index (χ1n) is 5.21. The zero-order valence-electron chi connectivity index (χ0n) is 9.55. The van der Waals surface area contributed by atoms with E-state index in [2.05, 4.69) is 0 Å². The molecule has 0 aliphatic rings. The number of hydrogen-bond acceptors (Lipinski definition) is 2. The minimum absolute atomic E-state index is 0.457. The van der Waals surface area contributed by atoms with Crippen LogP contribution in [0.2, 0.25) is 0 Å². The smallest absolute Gasteiger partial charge is 0.407 e. The number of carboxylic acid groups (broad SMARTS) is 1. The molecule has 0 bridgehead atoms. The van der Waals surface area contributed by atoms with Crippen molar-refractivity contribution >= 4 is 6.09 Å². The highest BCUT2D eigenvalue weighted by atomic mass is 16.4. The van der Waals surface area contributed by atoms with Crippen molar-refractivity contribution in [3.05, 3.63) is 35.4 Å². The number of aliphatic hydroxyl groups is 1. The van der Waals surface area contributed by atoms with Gasteiger partial charge in [-0.3, -0.25) is 0 Å². The van der Waals surface area contributed by atoms with Crippen LogP contribution in [0, 0.1) is 0 Å². The largest absolute Gasteiger partial charge is 0.465 e. The standard InChI is InChI=1S/C12H17NO3/c1-9(14)11-5-3-4-10(8-11)6-7-13(2)12(15)16/h3-5,8-9,14H,6-7H2,1-2H3,(H,15,16)/t9-/m1/s1. The molecule has 1 amide bonds. The van der Waals surface area contributed by atoms with Crippen LogP contribution in [0.15, 0.2) is 24.3 Å². The summed E-state index contributed by atoms with van der Waals surface area (Å²) in [6.45, 7) is 2.17. The number of benzene rings is 1. The molecule has 0 heterocycles. The second-order valence-electron chi connectivity index (χ2n) is 3.88. The lowest BCUT2D eigenvalue weighted by atomic mass is 10.1. The summed E-state index contributed by atoms with van der Waals surface area (Å²) in [6, 6.07) is 7.56. The zero-order chi connectivity index (χ0) is 12.1. The van der Waals surface area contributed by atoms with Crippen molar-refractivity contribution in [2.24, 2.45) is 0 Å². The molecule has 1 aromatic carbocycles. The van der Waals surface area contributed by atoms with Crippen LogP contribution in [0.1, 0.15) is 24.2 Å². The molecule has 0 fully saturated rings. The zero-order valence-corrected chi connectivity index (χ0v) is 9.55. The van der Waals surface area contributed by atoms with Crippen molar-refractivity contribution in [1.82, 2.24) is 4.90 Å². The van der Waals surface area contributed by atoms with E-state index >= 15 is 0 Å². The first-order valence-corrected chi connectivity index (χ1v) is 5.21. The van der Waals surface area contributed by atoms with Gasteiger partial charge in [0.05, 0.1) is 6.10 Å². The summed E-state index contributed by atoms with van der Waals surface area (Å²) in [5.74, 6) is 0. The summed E-state index contributed by atoms with van der Waals surface area (Å²) >= 11 is 0. The van der Waals surface area contributed by atoms with E-state index in [0.717, 1.165) is 11.1 Å². The molecule has 0 spiro atoms. The van der Waals surface area contributed by atoms with Crippen LogP contribution in [-0.2, 0) is 6.42 Å². The minimum atomic E-state index is -0.924. The van der Waals surface area contributed by atoms with Crippen molar-refractivity contribution in [2.75, 3.05) is 13.6 Å². The lowest BCUT2D eigenvalue weighted by molar-refractivity contribution is 0.156.